The average Bonchev–Trinajstić information content (AvgIpc) is 2.54. The molecule has 0 aliphatic heterocycles. The Morgan fingerprint density at radius 3 is 2.43 bits per heavy atom. The number of hydrogen-bond donors (Lipinski definition) is 1. The highest BCUT2D eigenvalue weighted by Gasteiger charge is 2.15. The van der Waals surface area contributed by atoms with Crippen molar-refractivity contribution >= 4 is 17.3 Å². The van der Waals surface area contributed by atoms with Crippen molar-refractivity contribution in [3.05, 3.63) is 69.3 Å². The third-order valence-corrected chi connectivity index (χ3v) is 4.02. The molecule has 1 amide bonds. The van der Waals surface area contributed by atoms with Gasteiger partial charge in [0.15, 0.2) is 0 Å². The van der Waals surface area contributed by atoms with Crippen molar-refractivity contribution in [1.29, 1.82) is 0 Å². The minimum Gasteiger partial charge on any atom is -0.322 e. The van der Waals surface area contributed by atoms with E-state index in [-0.39, 0.29) is 17.2 Å². The predicted octanol–water partition coefficient (Wildman–Crippen LogP) is 4.67. The van der Waals surface area contributed by atoms with Gasteiger partial charge >= 0.3 is 0 Å². The summed E-state index contributed by atoms with van der Waals surface area (Å²) < 4.78 is 0. The molecule has 0 aromatic heterocycles. The molecule has 1 atom stereocenters. The van der Waals surface area contributed by atoms with E-state index in [2.05, 4.69) is 19.2 Å². The summed E-state index contributed by atoms with van der Waals surface area (Å²) in [4.78, 5) is 22.7. The highest BCUT2D eigenvalue weighted by molar-refractivity contribution is 6.04. The van der Waals surface area contributed by atoms with Crippen molar-refractivity contribution in [2.75, 3.05) is 5.32 Å². The van der Waals surface area contributed by atoms with E-state index < -0.39 is 4.92 Å². The van der Waals surface area contributed by atoms with Gasteiger partial charge in [-0.3, -0.25) is 14.9 Å². The number of nitrogens with one attached hydrogen (secondary N) is 1. The number of carbonyl (C=O) groups excluding carboxylic acids is 1. The fourth-order valence-corrected chi connectivity index (χ4v) is 2.28. The first-order chi connectivity index (χ1) is 10.9. The van der Waals surface area contributed by atoms with E-state index >= 15 is 0 Å². The van der Waals surface area contributed by atoms with Gasteiger partial charge in [0.05, 0.1) is 4.92 Å². The van der Waals surface area contributed by atoms with Crippen LogP contribution in [0.2, 0.25) is 0 Å². The van der Waals surface area contributed by atoms with E-state index in [1.54, 1.807) is 19.1 Å². The van der Waals surface area contributed by atoms with Crippen LogP contribution in [0.3, 0.4) is 0 Å². The van der Waals surface area contributed by atoms with Crippen LogP contribution in [0, 0.1) is 17.0 Å². The second kappa shape index (κ2) is 7.05. The average molecular weight is 312 g/mol. The zero-order valence-electron chi connectivity index (χ0n) is 13.5. The Labute approximate surface area is 135 Å². The number of rotatable bonds is 5. The molecular formula is C18H20N2O3. The topological polar surface area (TPSA) is 72.2 Å². The largest absolute Gasteiger partial charge is 0.322 e. The number of nitrogens with zero attached hydrogens (tertiary/aromatic N) is 1. The number of benzene rings is 2. The van der Waals surface area contributed by atoms with Gasteiger partial charge in [0.2, 0.25) is 0 Å². The Kier molecular flexibility index (Phi) is 5.11. The van der Waals surface area contributed by atoms with Crippen LogP contribution in [0.15, 0.2) is 42.5 Å². The van der Waals surface area contributed by atoms with Crippen molar-refractivity contribution in [3.63, 3.8) is 0 Å². The SMILES string of the molecule is CCC(C)c1ccc(NC(=O)c2ccc(C)c([N+](=O)[O-])c2)cc1. The van der Waals surface area contributed by atoms with Crippen LogP contribution >= 0.6 is 0 Å². The van der Waals surface area contributed by atoms with Crippen molar-refractivity contribution < 1.29 is 9.72 Å². The minimum absolute atomic E-state index is 0.0511. The zero-order chi connectivity index (χ0) is 17.0. The molecule has 0 spiro atoms. The van der Waals surface area contributed by atoms with Crippen LogP contribution in [-0.2, 0) is 0 Å². The second-order valence-electron chi connectivity index (χ2n) is 5.64. The first kappa shape index (κ1) is 16.7. The molecule has 120 valence electrons. The monoisotopic (exact) mass is 312 g/mol. The molecule has 5 nitrogen and oxygen atoms in total. The van der Waals surface area contributed by atoms with E-state index in [4.69, 9.17) is 0 Å². The number of carbonyl (C=O) groups is 1. The van der Waals surface area contributed by atoms with Gasteiger partial charge in [0.1, 0.15) is 0 Å². The van der Waals surface area contributed by atoms with Crippen LogP contribution in [0.4, 0.5) is 11.4 Å². The number of nitro groups is 1. The van der Waals surface area contributed by atoms with Gasteiger partial charge in [0, 0.05) is 22.9 Å². The molecular weight excluding hydrogens is 292 g/mol. The lowest BCUT2D eigenvalue weighted by atomic mass is 9.98. The van der Waals surface area contributed by atoms with Gasteiger partial charge in [-0.05, 0) is 43.0 Å². The summed E-state index contributed by atoms with van der Waals surface area (Å²) in [6.45, 7) is 5.93. The number of hydrogen-bond acceptors (Lipinski definition) is 3. The molecule has 0 saturated heterocycles. The predicted molar refractivity (Wildman–Crippen MR) is 90.9 cm³/mol. The van der Waals surface area contributed by atoms with E-state index in [1.165, 1.54) is 11.6 Å². The molecule has 1 unspecified atom stereocenters. The fourth-order valence-electron chi connectivity index (χ4n) is 2.28. The van der Waals surface area contributed by atoms with E-state index in [0.29, 0.717) is 17.2 Å². The summed E-state index contributed by atoms with van der Waals surface area (Å²) in [6, 6.07) is 12.1. The number of nitro benzene ring substituents is 1. The summed E-state index contributed by atoms with van der Waals surface area (Å²) >= 11 is 0. The first-order valence-corrected chi connectivity index (χ1v) is 7.58. The molecule has 2 aromatic rings. The van der Waals surface area contributed by atoms with Crippen LogP contribution in [0.25, 0.3) is 0 Å². The molecule has 0 saturated carbocycles. The summed E-state index contributed by atoms with van der Waals surface area (Å²) in [5.41, 5.74) is 2.64. The first-order valence-electron chi connectivity index (χ1n) is 7.58. The molecule has 2 aromatic carbocycles. The van der Waals surface area contributed by atoms with Crippen molar-refractivity contribution in [2.24, 2.45) is 0 Å². The summed E-state index contributed by atoms with van der Waals surface area (Å²) in [5, 5.41) is 13.7. The quantitative estimate of drug-likeness (QED) is 0.644. The number of anilines is 1. The smallest absolute Gasteiger partial charge is 0.273 e. The van der Waals surface area contributed by atoms with Crippen LogP contribution in [0.5, 0.6) is 0 Å². The maximum absolute atomic E-state index is 12.2. The maximum Gasteiger partial charge on any atom is 0.273 e. The van der Waals surface area contributed by atoms with Gasteiger partial charge in [-0.2, -0.15) is 0 Å². The van der Waals surface area contributed by atoms with E-state index in [0.717, 1.165) is 6.42 Å². The minimum atomic E-state index is -0.479. The fraction of sp³-hybridized carbons (Fsp3) is 0.278. The molecule has 0 bridgehead atoms. The molecule has 0 aliphatic carbocycles. The van der Waals surface area contributed by atoms with Crippen molar-refractivity contribution in [3.8, 4) is 0 Å². The van der Waals surface area contributed by atoms with Gasteiger partial charge in [-0.25, -0.2) is 0 Å². The lowest BCUT2D eigenvalue weighted by Crippen LogP contribution is -2.12. The molecule has 0 radical (unpaired) electrons. The molecule has 0 fully saturated rings. The number of amides is 1. The highest BCUT2D eigenvalue weighted by Crippen LogP contribution is 2.22. The maximum atomic E-state index is 12.2. The Bertz CT molecular complexity index is 724. The molecule has 1 N–H and O–H groups in total. The Morgan fingerprint density at radius 2 is 1.87 bits per heavy atom. The Balaban J connectivity index is 2.16. The van der Waals surface area contributed by atoms with Gasteiger partial charge in [-0.1, -0.05) is 32.0 Å². The highest BCUT2D eigenvalue weighted by atomic mass is 16.6. The normalized spacial score (nSPS) is 11.8. The van der Waals surface area contributed by atoms with Crippen molar-refractivity contribution in [1.82, 2.24) is 0 Å². The van der Waals surface area contributed by atoms with Gasteiger partial charge in [0.25, 0.3) is 11.6 Å². The summed E-state index contributed by atoms with van der Waals surface area (Å²) in [6.07, 6.45) is 1.05. The van der Waals surface area contributed by atoms with Gasteiger partial charge in [-0.15, -0.1) is 0 Å². The number of aryl methyl sites for hydroxylation is 1. The van der Waals surface area contributed by atoms with E-state index in [9.17, 15) is 14.9 Å². The zero-order valence-corrected chi connectivity index (χ0v) is 13.5. The lowest BCUT2D eigenvalue weighted by Gasteiger charge is -2.10. The van der Waals surface area contributed by atoms with Crippen LogP contribution in [0.1, 0.15) is 47.7 Å². The molecule has 5 heteroatoms. The summed E-state index contributed by atoms with van der Waals surface area (Å²) in [7, 11) is 0. The third-order valence-electron chi connectivity index (χ3n) is 4.02. The van der Waals surface area contributed by atoms with E-state index in [1.807, 2.05) is 24.3 Å². The molecule has 0 heterocycles. The molecule has 0 aliphatic rings. The Morgan fingerprint density at radius 1 is 1.22 bits per heavy atom. The summed E-state index contributed by atoms with van der Waals surface area (Å²) in [5.74, 6) is 0.115. The molecule has 23 heavy (non-hydrogen) atoms. The Hall–Kier alpha value is -2.69. The lowest BCUT2D eigenvalue weighted by molar-refractivity contribution is -0.385. The van der Waals surface area contributed by atoms with Crippen molar-refractivity contribution in [2.45, 2.75) is 33.1 Å². The standard InChI is InChI=1S/C18H20N2O3/c1-4-12(2)14-7-9-16(10-8-14)19-18(21)15-6-5-13(3)17(11-15)20(22)23/h5-12H,4H2,1-3H3,(H,19,21). The third kappa shape index (κ3) is 3.94. The second-order valence-corrected chi connectivity index (χ2v) is 5.64. The van der Waals surface area contributed by atoms with Gasteiger partial charge < -0.3 is 5.32 Å². The van der Waals surface area contributed by atoms with Crippen LogP contribution in [-0.4, -0.2) is 10.8 Å². The van der Waals surface area contributed by atoms with Crippen LogP contribution < -0.4 is 5.32 Å². The molecule has 2 rings (SSSR count).